The lowest BCUT2D eigenvalue weighted by atomic mass is 10.0. The van der Waals surface area contributed by atoms with Crippen molar-refractivity contribution in [2.75, 3.05) is 0 Å². The number of rotatable bonds is 4. The molecule has 0 saturated carbocycles. The van der Waals surface area contributed by atoms with Crippen molar-refractivity contribution in [3.63, 3.8) is 0 Å². The third-order valence-corrected chi connectivity index (χ3v) is 3.40. The fourth-order valence-corrected chi connectivity index (χ4v) is 2.08. The Bertz CT molecular complexity index is 565. The van der Waals surface area contributed by atoms with E-state index < -0.39 is 11.9 Å². The van der Waals surface area contributed by atoms with E-state index in [-0.39, 0.29) is 10.9 Å². The van der Waals surface area contributed by atoms with Crippen LogP contribution in [0.15, 0.2) is 36.7 Å². The van der Waals surface area contributed by atoms with Crippen LogP contribution in [-0.4, -0.2) is 9.67 Å². The molecule has 0 aliphatic carbocycles. The Morgan fingerprint density at radius 3 is 2.68 bits per heavy atom. The molecule has 0 aliphatic rings. The van der Waals surface area contributed by atoms with Crippen LogP contribution in [0.4, 0.5) is 4.39 Å². The number of aromatic nitrogens is 1. The molecule has 1 atom stereocenters. The second kappa shape index (κ2) is 5.76. The fourth-order valence-electron chi connectivity index (χ4n) is 1.97. The highest BCUT2D eigenvalue weighted by atomic mass is 35.5. The van der Waals surface area contributed by atoms with E-state index in [0.717, 1.165) is 11.1 Å². The largest absolute Gasteiger partial charge is 0.388 e. The van der Waals surface area contributed by atoms with Gasteiger partial charge in [0.1, 0.15) is 5.82 Å². The maximum atomic E-state index is 13.3. The molecule has 0 radical (unpaired) electrons. The molecule has 0 amide bonds. The molecule has 2 rings (SSSR count). The number of halogens is 2. The van der Waals surface area contributed by atoms with E-state index in [9.17, 15) is 9.50 Å². The molecule has 1 heterocycles. The molecule has 0 spiro atoms. The normalized spacial score (nSPS) is 12.9. The van der Waals surface area contributed by atoms with Crippen molar-refractivity contribution in [3.8, 4) is 0 Å². The van der Waals surface area contributed by atoms with E-state index in [0.29, 0.717) is 6.54 Å². The van der Waals surface area contributed by atoms with Crippen LogP contribution >= 0.6 is 11.6 Å². The molecule has 4 heteroatoms. The summed E-state index contributed by atoms with van der Waals surface area (Å²) >= 11 is 5.65. The van der Waals surface area contributed by atoms with Crippen LogP contribution in [0.2, 0.25) is 5.02 Å². The summed E-state index contributed by atoms with van der Waals surface area (Å²) in [6, 6.07) is 6.67. The lowest BCUT2D eigenvalue weighted by molar-refractivity contribution is 0.127. The van der Waals surface area contributed by atoms with Crippen molar-refractivity contribution in [2.45, 2.75) is 26.5 Å². The molecule has 0 saturated heterocycles. The van der Waals surface area contributed by atoms with Gasteiger partial charge in [0.05, 0.1) is 11.1 Å². The highest BCUT2D eigenvalue weighted by molar-refractivity contribution is 6.30. The minimum atomic E-state index is -0.469. The minimum Gasteiger partial charge on any atom is -0.388 e. The van der Waals surface area contributed by atoms with Crippen molar-refractivity contribution in [3.05, 3.63) is 58.6 Å². The molecule has 0 aliphatic heterocycles. The predicted molar refractivity (Wildman–Crippen MR) is 74.7 cm³/mol. The second-order valence-electron chi connectivity index (χ2n) is 5.05. The Balaban J connectivity index is 2.13. The molecule has 2 aromatic rings. The topological polar surface area (TPSA) is 25.2 Å². The molecule has 1 aromatic carbocycles. The van der Waals surface area contributed by atoms with Crippen LogP contribution < -0.4 is 0 Å². The summed E-state index contributed by atoms with van der Waals surface area (Å²) in [5.74, 6) is -0.238. The first-order valence-electron chi connectivity index (χ1n) is 6.25. The predicted octanol–water partition coefficient (Wildman–Crippen LogP) is 4.02. The SMILES string of the molecule is CC(C)C(O)c1ccn(Cc2ccc(Cl)c(F)c2)c1. The summed E-state index contributed by atoms with van der Waals surface area (Å²) in [5.41, 5.74) is 1.72. The van der Waals surface area contributed by atoms with Crippen molar-refractivity contribution < 1.29 is 9.50 Å². The van der Waals surface area contributed by atoms with E-state index in [2.05, 4.69) is 0 Å². The van der Waals surface area contributed by atoms with Gasteiger partial charge in [0.15, 0.2) is 0 Å². The summed E-state index contributed by atoms with van der Waals surface area (Å²) < 4.78 is 15.3. The van der Waals surface area contributed by atoms with Crippen molar-refractivity contribution in [1.82, 2.24) is 4.57 Å². The van der Waals surface area contributed by atoms with Crippen LogP contribution in [0.25, 0.3) is 0 Å². The van der Waals surface area contributed by atoms with E-state index in [1.54, 1.807) is 12.1 Å². The zero-order chi connectivity index (χ0) is 14.0. The van der Waals surface area contributed by atoms with Crippen molar-refractivity contribution >= 4 is 11.6 Å². The Labute approximate surface area is 117 Å². The molecule has 1 aromatic heterocycles. The summed E-state index contributed by atoms with van der Waals surface area (Å²) in [4.78, 5) is 0. The number of aliphatic hydroxyl groups is 1. The minimum absolute atomic E-state index is 0.132. The average Bonchev–Trinajstić information content (AvgIpc) is 2.81. The molecule has 2 nitrogen and oxygen atoms in total. The first-order valence-corrected chi connectivity index (χ1v) is 6.63. The number of hydrogen-bond donors (Lipinski definition) is 1. The quantitative estimate of drug-likeness (QED) is 0.900. The van der Waals surface area contributed by atoms with Gasteiger partial charge in [0.2, 0.25) is 0 Å². The van der Waals surface area contributed by atoms with Crippen LogP contribution in [0.3, 0.4) is 0 Å². The third kappa shape index (κ3) is 3.37. The number of benzene rings is 1. The van der Waals surface area contributed by atoms with Gasteiger partial charge in [-0.2, -0.15) is 0 Å². The molecular weight excluding hydrogens is 265 g/mol. The Morgan fingerprint density at radius 2 is 2.05 bits per heavy atom. The molecule has 1 N–H and O–H groups in total. The van der Waals surface area contributed by atoms with E-state index in [1.165, 1.54) is 6.07 Å². The molecule has 1 unspecified atom stereocenters. The zero-order valence-electron chi connectivity index (χ0n) is 11.0. The smallest absolute Gasteiger partial charge is 0.142 e. The zero-order valence-corrected chi connectivity index (χ0v) is 11.7. The molecule has 19 heavy (non-hydrogen) atoms. The lowest BCUT2D eigenvalue weighted by Gasteiger charge is -2.12. The van der Waals surface area contributed by atoms with Gasteiger partial charge in [-0.1, -0.05) is 31.5 Å². The van der Waals surface area contributed by atoms with Crippen molar-refractivity contribution in [2.24, 2.45) is 5.92 Å². The van der Waals surface area contributed by atoms with Gasteiger partial charge < -0.3 is 9.67 Å². The van der Waals surface area contributed by atoms with Crippen LogP contribution in [0.5, 0.6) is 0 Å². The Hall–Kier alpha value is -1.32. The summed E-state index contributed by atoms with van der Waals surface area (Å²) in [6.07, 6.45) is 3.30. The van der Waals surface area contributed by atoms with Gasteiger partial charge in [-0.05, 0) is 35.2 Å². The third-order valence-electron chi connectivity index (χ3n) is 3.10. The maximum Gasteiger partial charge on any atom is 0.142 e. The summed E-state index contributed by atoms with van der Waals surface area (Å²) in [6.45, 7) is 4.49. The van der Waals surface area contributed by atoms with Crippen LogP contribution in [0.1, 0.15) is 31.1 Å². The standard InChI is InChI=1S/C15H17ClFNO/c1-10(2)15(19)12-5-6-18(9-12)8-11-3-4-13(16)14(17)7-11/h3-7,9-10,15,19H,8H2,1-2H3. The van der Waals surface area contributed by atoms with E-state index in [4.69, 9.17) is 11.6 Å². The number of hydrogen-bond acceptors (Lipinski definition) is 1. The van der Waals surface area contributed by atoms with Gasteiger partial charge in [-0.15, -0.1) is 0 Å². The van der Waals surface area contributed by atoms with Crippen LogP contribution in [0, 0.1) is 11.7 Å². The average molecular weight is 282 g/mol. The summed E-state index contributed by atoms with van der Waals surface area (Å²) in [5, 5.41) is 10.1. The Kier molecular flexibility index (Phi) is 4.27. The van der Waals surface area contributed by atoms with Gasteiger partial charge >= 0.3 is 0 Å². The van der Waals surface area contributed by atoms with Crippen molar-refractivity contribution in [1.29, 1.82) is 0 Å². The summed E-state index contributed by atoms with van der Waals surface area (Å²) in [7, 11) is 0. The van der Waals surface area contributed by atoms with Gasteiger partial charge in [-0.3, -0.25) is 0 Å². The number of aliphatic hydroxyl groups excluding tert-OH is 1. The monoisotopic (exact) mass is 281 g/mol. The highest BCUT2D eigenvalue weighted by Crippen LogP contribution is 2.22. The first-order chi connectivity index (χ1) is 8.97. The molecular formula is C15H17ClFNO. The molecule has 0 bridgehead atoms. The van der Waals surface area contributed by atoms with Gasteiger partial charge in [0.25, 0.3) is 0 Å². The lowest BCUT2D eigenvalue weighted by Crippen LogP contribution is -2.04. The van der Waals surface area contributed by atoms with E-state index in [1.807, 2.05) is 36.9 Å². The first kappa shape index (κ1) is 14.1. The maximum absolute atomic E-state index is 13.3. The van der Waals surface area contributed by atoms with Crippen LogP contribution in [-0.2, 0) is 6.54 Å². The number of nitrogens with zero attached hydrogens (tertiary/aromatic N) is 1. The van der Waals surface area contributed by atoms with Gasteiger partial charge in [0, 0.05) is 18.9 Å². The highest BCUT2D eigenvalue weighted by Gasteiger charge is 2.13. The second-order valence-corrected chi connectivity index (χ2v) is 5.46. The van der Waals surface area contributed by atoms with E-state index >= 15 is 0 Å². The molecule has 0 fully saturated rings. The Morgan fingerprint density at radius 1 is 1.32 bits per heavy atom. The van der Waals surface area contributed by atoms with Gasteiger partial charge in [-0.25, -0.2) is 4.39 Å². The fraction of sp³-hybridized carbons (Fsp3) is 0.333. The molecule has 102 valence electrons.